The Balaban J connectivity index is 1.63. The molecule has 0 fully saturated rings. The first-order valence-corrected chi connectivity index (χ1v) is 13.3. The number of nitrogens with two attached hydrogens (primary N) is 1. The first kappa shape index (κ1) is 28.8. The minimum absolute atomic E-state index is 0.157. The molecule has 16 heteroatoms. The normalized spacial score (nSPS) is 21.5. The maximum absolute atomic E-state index is 15.0. The Morgan fingerprint density at radius 3 is 2.59 bits per heavy atom. The van der Waals surface area contributed by atoms with Crippen LogP contribution in [0, 0.1) is 17.8 Å². The Bertz CT molecular complexity index is 1510. The fourth-order valence-corrected chi connectivity index (χ4v) is 5.44. The minimum Gasteiger partial charge on any atom is -0.477 e. The van der Waals surface area contributed by atoms with Gasteiger partial charge in [0.15, 0.2) is 26.7 Å². The van der Waals surface area contributed by atoms with Crippen molar-refractivity contribution in [2.75, 3.05) is 12.0 Å². The van der Waals surface area contributed by atoms with Gasteiger partial charge in [-0.05, 0) is 32.4 Å². The van der Waals surface area contributed by atoms with Gasteiger partial charge in [-0.2, -0.15) is 4.39 Å². The van der Waals surface area contributed by atoms with Crippen molar-refractivity contribution < 1.29 is 13.5 Å². The van der Waals surface area contributed by atoms with Crippen LogP contribution in [0.3, 0.4) is 0 Å². The van der Waals surface area contributed by atoms with Crippen LogP contribution < -0.4 is 15.8 Å². The second kappa shape index (κ2) is 10.4. The number of rotatable bonds is 6. The van der Waals surface area contributed by atoms with Gasteiger partial charge in [0.25, 0.3) is 0 Å². The number of alkyl halides is 1. The van der Waals surface area contributed by atoms with Crippen LogP contribution in [-0.2, 0) is 5.54 Å². The molecule has 4 rings (SSSR count). The Morgan fingerprint density at radius 2 is 1.90 bits per heavy atom. The van der Waals surface area contributed by atoms with Crippen LogP contribution in [0.5, 0.6) is 5.88 Å². The summed E-state index contributed by atoms with van der Waals surface area (Å²) in [5.74, 6) is 6.37. The molecule has 2 atom stereocenters. The minimum atomic E-state index is -1.09. The molecule has 1 aliphatic rings. The molecule has 0 aromatic carbocycles. The van der Waals surface area contributed by atoms with Crippen LogP contribution in [0.1, 0.15) is 25.8 Å². The zero-order valence-electron chi connectivity index (χ0n) is 23.2. The highest BCUT2D eigenvalue weighted by molar-refractivity contribution is 8.15. The number of pyridine rings is 2. The lowest BCUT2D eigenvalue weighted by Gasteiger charge is -2.39. The molecule has 4 heterocycles. The highest BCUT2D eigenvalue weighted by Gasteiger charge is 2.43. The Labute approximate surface area is 235 Å². The Morgan fingerprint density at radius 1 is 1.15 bits per heavy atom. The number of thioether (sulfide) groups is 1. The summed E-state index contributed by atoms with van der Waals surface area (Å²) in [5, 5.41) is 2.44. The number of amidine groups is 1. The van der Waals surface area contributed by atoms with Crippen LogP contribution >= 0.6 is 11.8 Å². The van der Waals surface area contributed by atoms with Gasteiger partial charge in [-0.25, -0.2) is 24.3 Å². The monoisotopic (exact) mass is 543 g/mol. The standard InChI is InChI=1S/C23H28B5F2N7OS/c1-20(11-29)10-21(2,37-19(31)39-20)13-7-12(8-34-17(13)30)35-18-16-14(3-6-32-18)36-15(9-33-16)38-23(27,28)5-4-22(24,25)26/h3,6-9H,10-11,24-28H2,1-2H3,(H2,31,37)(H,32,35)/t20-,21+/m1/s1. The molecule has 0 aliphatic carbocycles. The number of ether oxygens (including phenoxy) is 1. The number of aromatic nitrogens is 4. The van der Waals surface area contributed by atoms with E-state index in [0.29, 0.717) is 28.4 Å². The average Bonchev–Trinajstić information content (AvgIpc) is 2.82. The predicted molar refractivity (Wildman–Crippen MR) is 167 cm³/mol. The maximum atomic E-state index is 15.0. The van der Waals surface area contributed by atoms with Gasteiger partial charge in [0.2, 0.25) is 11.8 Å². The number of hydrogen-bond acceptors (Lipinski definition) is 9. The van der Waals surface area contributed by atoms with Gasteiger partial charge >= 0.3 is 0 Å². The molecule has 3 N–H and O–H groups in total. The van der Waals surface area contributed by atoms with E-state index in [-0.39, 0.29) is 22.3 Å². The number of halogens is 2. The van der Waals surface area contributed by atoms with E-state index in [2.05, 4.69) is 42.1 Å². The number of anilines is 2. The van der Waals surface area contributed by atoms with Crippen LogP contribution in [0.15, 0.2) is 35.7 Å². The fourth-order valence-electron chi connectivity index (χ4n) is 4.28. The third kappa shape index (κ3) is 6.88. The second-order valence-corrected chi connectivity index (χ2v) is 13.2. The maximum Gasteiger partial charge on any atom is 0.232 e. The van der Waals surface area contributed by atoms with Gasteiger partial charge in [0.1, 0.15) is 35.7 Å². The van der Waals surface area contributed by atoms with Gasteiger partial charge in [-0.3, -0.25) is 4.99 Å². The smallest absolute Gasteiger partial charge is 0.232 e. The Kier molecular flexibility index (Phi) is 7.69. The molecule has 0 amide bonds. The molecule has 1 aliphatic heterocycles. The molecule has 0 bridgehead atoms. The molecule has 3 aromatic heterocycles. The van der Waals surface area contributed by atoms with Gasteiger partial charge in [0, 0.05) is 11.8 Å². The number of nitrogens with one attached hydrogen (secondary N) is 1. The van der Waals surface area contributed by atoms with E-state index in [4.69, 9.17) is 10.5 Å². The van der Waals surface area contributed by atoms with Crippen molar-refractivity contribution in [2.45, 2.75) is 41.1 Å². The highest BCUT2D eigenvalue weighted by atomic mass is 32.2. The Hall–Kier alpha value is -3.20. The van der Waals surface area contributed by atoms with E-state index in [1.807, 2.05) is 39.2 Å². The molecule has 39 heavy (non-hydrogen) atoms. The molecular formula is C23H28B5F2N7OS. The lowest BCUT2D eigenvalue weighted by Crippen LogP contribution is -2.42. The summed E-state index contributed by atoms with van der Waals surface area (Å²) >= 11 is 1.16. The highest BCUT2D eigenvalue weighted by Crippen LogP contribution is 2.46. The SMILES string of the molecule is BC(B)(B)C#CC(B)(B)Oc1cnc2c(Nc3cnc(F)c([C@]4(C)C[C@](C)(CF)SC(N)=N4)c3)nccc2n1. The molecule has 3 aromatic rings. The van der Waals surface area contributed by atoms with Crippen LogP contribution in [0.25, 0.3) is 11.0 Å². The molecule has 0 saturated carbocycles. The first-order valence-electron chi connectivity index (χ1n) is 12.5. The average molecular weight is 543 g/mol. The summed E-state index contributed by atoms with van der Waals surface area (Å²) in [5.41, 5.74) is 6.61. The van der Waals surface area contributed by atoms with Crippen molar-refractivity contribution in [3.05, 3.63) is 42.2 Å². The van der Waals surface area contributed by atoms with Gasteiger partial charge in [-0.1, -0.05) is 22.8 Å². The van der Waals surface area contributed by atoms with E-state index in [1.165, 1.54) is 12.4 Å². The fraction of sp³-hybridized carbons (Fsp3) is 0.348. The van der Waals surface area contributed by atoms with Crippen molar-refractivity contribution in [1.29, 1.82) is 0 Å². The molecule has 0 saturated heterocycles. The second-order valence-electron chi connectivity index (χ2n) is 11.6. The molecule has 0 spiro atoms. The zero-order valence-corrected chi connectivity index (χ0v) is 24.0. The van der Waals surface area contributed by atoms with Crippen molar-refractivity contribution in [3.63, 3.8) is 0 Å². The summed E-state index contributed by atoms with van der Waals surface area (Å²) in [6.45, 7) is 2.86. The summed E-state index contributed by atoms with van der Waals surface area (Å²) in [4.78, 5) is 21.9. The van der Waals surface area contributed by atoms with Crippen LogP contribution in [0.2, 0.25) is 5.11 Å². The van der Waals surface area contributed by atoms with Crippen molar-refractivity contribution in [3.8, 4) is 17.7 Å². The third-order valence-corrected chi connectivity index (χ3v) is 6.97. The molecule has 196 valence electrons. The summed E-state index contributed by atoms with van der Waals surface area (Å²) in [7, 11) is 9.84. The molecule has 0 unspecified atom stereocenters. The third-order valence-electron chi connectivity index (χ3n) is 5.93. The first-order chi connectivity index (χ1) is 18.1. The zero-order chi connectivity index (χ0) is 28.6. The lowest BCUT2D eigenvalue weighted by atomic mass is 9.43. The van der Waals surface area contributed by atoms with Gasteiger partial charge in [-0.15, -0.1) is 5.92 Å². The number of nitrogens with zero attached hydrogens (tertiary/aromatic N) is 5. The van der Waals surface area contributed by atoms with E-state index in [1.54, 1.807) is 32.2 Å². The van der Waals surface area contributed by atoms with E-state index < -0.39 is 28.3 Å². The molecular weight excluding hydrogens is 514 g/mol. The number of fused-ring (bicyclic) bond motifs is 1. The predicted octanol–water partition coefficient (Wildman–Crippen LogP) is -1.03. The van der Waals surface area contributed by atoms with E-state index >= 15 is 0 Å². The number of aliphatic imine (C=N–C) groups is 1. The van der Waals surface area contributed by atoms with Gasteiger partial charge in [0.05, 0.1) is 39.3 Å². The van der Waals surface area contributed by atoms with E-state index in [9.17, 15) is 8.78 Å². The summed E-state index contributed by atoms with van der Waals surface area (Å²) < 4.78 is 34.0. The summed E-state index contributed by atoms with van der Waals surface area (Å²) in [6, 6.07) is 3.31. The topological polar surface area (TPSA) is 111 Å². The number of hydrogen-bond donors (Lipinski definition) is 2. The van der Waals surface area contributed by atoms with E-state index in [0.717, 1.165) is 11.8 Å². The molecule has 8 nitrogen and oxygen atoms in total. The molecule has 0 radical (unpaired) electrons. The van der Waals surface area contributed by atoms with Gasteiger partial charge < -0.3 is 15.8 Å². The lowest BCUT2D eigenvalue weighted by molar-refractivity contribution is 0.285. The van der Waals surface area contributed by atoms with Crippen molar-refractivity contribution in [2.24, 2.45) is 10.7 Å². The quantitative estimate of drug-likeness (QED) is 0.231. The largest absolute Gasteiger partial charge is 0.477 e. The summed E-state index contributed by atoms with van der Waals surface area (Å²) in [6.07, 6.45) is 4.70. The van der Waals surface area contributed by atoms with Crippen LogP contribution in [0.4, 0.5) is 20.3 Å². The van der Waals surface area contributed by atoms with Crippen molar-refractivity contribution >= 4 is 78.7 Å². The van der Waals surface area contributed by atoms with Crippen LogP contribution in [-0.4, -0.2) is 81.2 Å². The van der Waals surface area contributed by atoms with Crippen molar-refractivity contribution in [1.82, 2.24) is 19.9 Å².